The standard InChI is InChI=1S/C18H14BrF2NO3/c1-9-12-8-11(19)6-7-15(12)24-16(9)17(23)22-13-4-3-5-14(10(13)2)25-18(20)21/h3-8,18H,1-2H3,(H,22,23). The number of nitrogens with one attached hydrogen (secondary N) is 1. The molecule has 1 amide bonds. The maximum Gasteiger partial charge on any atom is 0.387 e. The number of halogens is 3. The fraction of sp³-hybridized carbons (Fsp3) is 0.167. The van der Waals surface area contributed by atoms with Gasteiger partial charge in [-0.15, -0.1) is 0 Å². The maximum absolute atomic E-state index is 12.6. The largest absolute Gasteiger partial charge is 0.451 e. The average Bonchev–Trinajstić information content (AvgIpc) is 2.87. The third kappa shape index (κ3) is 3.51. The fourth-order valence-corrected chi connectivity index (χ4v) is 2.92. The fourth-order valence-electron chi connectivity index (χ4n) is 2.56. The van der Waals surface area contributed by atoms with Crippen LogP contribution >= 0.6 is 15.9 Å². The smallest absolute Gasteiger partial charge is 0.387 e. The summed E-state index contributed by atoms with van der Waals surface area (Å²) in [6, 6.07) is 10.0. The number of hydrogen-bond donors (Lipinski definition) is 1. The highest BCUT2D eigenvalue weighted by Gasteiger charge is 2.19. The molecule has 0 bridgehead atoms. The minimum Gasteiger partial charge on any atom is -0.451 e. The highest BCUT2D eigenvalue weighted by Crippen LogP contribution is 2.30. The van der Waals surface area contributed by atoms with Gasteiger partial charge in [-0.2, -0.15) is 8.78 Å². The number of aryl methyl sites for hydroxylation is 1. The molecule has 3 rings (SSSR count). The zero-order chi connectivity index (χ0) is 18.1. The van der Waals surface area contributed by atoms with Crippen molar-refractivity contribution in [3.05, 3.63) is 57.8 Å². The summed E-state index contributed by atoms with van der Waals surface area (Å²) in [5, 5.41) is 3.51. The number of fused-ring (bicyclic) bond motifs is 1. The number of anilines is 1. The molecule has 0 unspecified atom stereocenters. The van der Waals surface area contributed by atoms with Crippen LogP contribution in [0.1, 0.15) is 21.7 Å². The van der Waals surface area contributed by atoms with Crippen LogP contribution in [0.15, 0.2) is 45.3 Å². The number of carbonyl (C=O) groups is 1. The van der Waals surface area contributed by atoms with Gasteiger partial charge in [-0.3, -0.25) is 4.79 Å². The Morgan fingerprint density at radius 3 is 2.68 bits per heavy atom. The first-order valence-electron chi connectivity index (χ1n) is 7.41. The molecular weight excluding hydrogens is 396 g/mol. The molecule has 0 spiro atoms. The van der Waals surface area contributed by atoms with Crippen LogP contribution in [-0.4, -0.2) is 12.5 Å². The Hall–Kier alpha value is -2.41. The lowest BCUT2D eigenvalue weighted by molar-refractivity contribution is -0.0502. The molecule has 1 aromatic heterocycles. The molecule has 0 saturated carbocycles. The third-order valence-corrected chi connectivity index (χ3v) is 4.35. The van der Waals surface area contributed by atoms with Crippen molar-refractivity contribution in [2.75, 3.05) is 5.32 Å². The van der Waals surface area contributed by atoms with Gasteiger partial charge in [0, 0.05) is 26.7 Å². The van der Waals surface area contributed by atoms with E-state index < -0.39 is 12.5 Å². The van der Waals surface area contributed by atoms with E-state index in [1.807, 2.05) is 12.1 Å². The van der Waals surface area contributed by atoms with Gasteiger partial charge in [0.2, 0.25) is 0 Å². The first-order valence-corrected chi connectivity index (χ1v) is 8.20. The van der Waals surface area contributed by atoms with Gasteiger partial charge in [0.05, 0.1) is 0 Å². The van der Waals surface area contributed by atoms with E-state index >= 15 is 0 Å². The molecule has 0 atom stereocenters. The molecule has 2 aromatic carbocycles. The van der Waals surface area contributed by atoms with Gasteiger partial charge in [-0.05, 0) is 44.2 Å². The molecule has 7 heteroatoms. The van der Waals surface area contributed by atoms with Gasteiger partial charge in [0.25, 0.3) is 5.91 Å². The molecule has 0 saturated heterocycles. The van der Waals surface area contributed by atoms with Crippen LogP contribution in [0, 0.1) is 13.8 Å². The Kier molecular flexibility index (Phi) is 4.76. The Bertz CT molecular complexity index is 953. The van der Waals surface area contributed by atoms with Crippen LogP contribution in [0.5, 0.6) is 5.75 Å². The van der Waals surface area contributed by atoms with Crippen LogP contribution in [0.2, 0.25) is 0 Å². The zero-order valence-corrected chi connectivity index (χ0v) is 15.0. The van der Waals surface area contributed by atoms with Crippen molar-refractivity contribution < 1.29 is 22.7 Å². The second kappa shape index (κ2) is 6.84. The van der Waals surface area contributed by atoms with Crippen molar-refractivity contribution in [3.8, 4) is 5.75 Å². The van der Waals surface area contributed by atoms with Gasteiger partial charge in [-0.25, -0.2) is 0 Å². The van der Waals surface area contributed by atoms with Crippen molar-refractivity contribution in [2.45, 2.75) is 20.5 Å². The van der Waals surface area contributed by atoms with Crippen LogP contribution in [0.25, 0.3) is 11.0 Å². The average molecular weight is 410 g/mol. The van der Waals surface area contributed by atoms with Gasteiger partial charge in [-0.1, -0.05) is 22.0 Å². The van der Waals surface area contributed by atoms with Crippen LogP contribution in [0.3, 0.4) is 0 Å². The van der Waals surface area contributed by atoms with Gasteiger partial charge >= 0.3 is 6.61 Å². The minimum absolute atomic E-state index is 0.0121. The van der Waals surface area contributed by atoms with Crippen molar-refractivity contribution >= 4 is 38.5 Å². The molecule has 3 aromatic rings. The number of rotatable bonds is 4. The van der Waals surface area contributed by atoms with E-state index in [0.29, 0.717) is 22.4 Å². The van der Waals surface area contributed by atoms with E-state index in [1.165, 1.54) is 12.1 Å². The van der Waals surface area contributed by atoms with Crippen molar-refractivity contribution in [3.63, 3.8) is 0 Å². The number of ether oxygens (including phenoxy) is 1. The summed E-state index contributed by atoms with van der Waals surface area (Å²) in [5.74, 6) is -0.271. The molecular formula is C18H14BrF2NO3. The second-order valence-corrected chi connectivity index (χ2v) is 6.37. The molecule has 0 aliphatic carbocycles. The van der Waals surface area contributed by atoms with Gasteiger partial charge < -0.3 is 14.5 Å². The highest BCUT2D eigenvalue weighted by molar-refractivity contribution is 9.10. The highest BCUT2D eigenvalue weighted by atomic mass is 79.9. The van der Waals surface area contributed by atoms with Crippen LogP contribution in [0.4, 0.5) is 14.5 Å². The van der Waals surface area contributed by atoms with E-state index in [0.717, 1.165) is 9.86 Å². The van der Waals surface area contributed by atoms with Crippen molar-refractivity contribution in [2.24, 2.45) is 0 Å². The van der Waals surface area contributed by atoms with E-state index in [9.17, 15) is 13.6 Å². The lowest BCUT2D eigenvalue weighted by Gasteiger charge is -2.12. The minimum atomic E-state index is -2.93. The predicted octanol–water partition coefficient (Wildman–Crippen LogP) is 5.67. The number of furan rings is 1. The summed E-state index contributed by atoms with van der Waals surface area (Å²) in [5.41, 5.74) is 2.08. The molecule has 0 aliphatic rings. The van der Waals surface area contributed by atoms with Crippen molar-refractivity contribution in [1.29, 1.82) is 0 Å². The first-order chi connectivity index (χ1) is 11.9. The lowest BCUT2D eigenvalue weighted by Crippen LogP contribution is -2.13. The first kappa shape index (κ1) is 17.4. The van der Waals surface area contributed by atoms with Gasteiger partial charge in [0.1, 0.15) is 11.3 Å². The summed E-state index contributed by atoms with van der Waals surface area (Å²) in [7, 11) is 0. The lowest BCUT2D eigenvalue weighted by atomic mass is 10.1. The number of alkyl halides is 2. The van der Waals surface area contributed by atoms with Crippen molar-refractivity contribution in [1.82, 2.24) is 0 Å². The topological polar surface area (TPSA) is 51.5 Å². The Morgan fingerprint density at radius 2 is 1.96 bits per heavy atom. The van der Waals surface area contributed by atoms with E-state index in [2.05, 4.69) is 26.0 Å². The number of carbonyl (C=O) groups excluding carboxylic acids is 1. The van der Waals surface area contributed by atoms with E-state index in [1.54, 1.807) is 26.0 Å². The zero-order valence-electron chi connectivity index (χ0n) is 13.4. The SMILES string of the molecule is Cc1c(NC(=O)c2oc3ccc(Br)cc3c2C)cccc1OC(F)F. The number of amides is 1. The normalized spacial score (nSPS) is 11.1. The molecule has 0 radical (unpaired) electrons. The maximum atomic E-state index is 12.6. The van der Waals surface area contributed by atoms with Gasteiger partial charge in [0.15, 0.2) is 5.76 Å². The monoisotopic (exact) mass is 409 g/mol. The molecule has 130 valence electrons. The van der Waals surface area contributed by atoms with Crippen LogP contribution < -0.4 is 10.1 Å². The molecule has 1 heterocycles. The Morgan fingerprint density at radius 1 is 1.20 bits per heavy atom. The van der Waals surface area contributed by atoms with Crippen LogP contribution in [-0.2, 0) is 0 Å². The molecule has 1 N–H and O–H groups in total. The predicted molar refractivity (Wildman–Crippen MR) is 94.4 cm³/mol. The summed E-state index contributed by atoms with van der Waals surface area (Å²) in [4.78, 5) is 12.6. The summed E-state index contributed by atoms with van der Waals surface area (Å²) >= 11 is 3.39. The molecule has 0 aliphatic heterocycles. The molecule has 0 fully saturated rings. The van der Waals surface area contributed by atoms with E-state index in [-0.39, 0.29) is 11.5 Å². The number of benzene rings is 2. The summed E-state index contributed by atoms with van der Waals surface area (Å²) in [6.45, 7) is 0.451. The Labute approximate surface area is 150 Å². The third-order valence-electron chi connectivity index (χ3n) is 3.85. The Balaban J connectivity index is 1.92. The number of hydrogen-bond acceptors (Lipinski definition) is 3. The summed E-state index contributed by atoms with van der Waals surface area (Å²) in [6.07, 6.45) is 0. The molecule has 4 nitrogen and oxygen atoms in total. The second-order valence-electron chi connectivity index (χ2n) is 5.46. The summed E-state index contributed by atoms with van der Waals surface area (Å²) < 4.78 is 35.8. The molecule has 25 heavy (non-hydrogen) atoms. The quantitative estimate of drug-likeness (QED) is 0.604. The van der Waals surface area contributed by atoms with E-state index in [4.69, 9.17) is 4.42 Å².